The van der Waals surface area contributed by atoms with Gasteiger partial charge in [0.25, 0.3) is 0 Å². The number of aliphatic hydroxyl groups excluding tert-OH is 1. The van der Waals surface area contributed by atoms with Crippen LogP contribution in [0.25, 0.3) is 0 Å². The minimum absolute atomic E-state index is 0.0000992. The molecule has 0 aromatic rings. The maximum absolute atomic E-state index is 12.2. The highest BCUT2D eigenvalue weighted by molar-refractivity contribution is 5.79. The van der Waals surface area contributed by atoms with Crippen LogP contribution in [0.2, 0.25) is 0 Å². The number of carbonyl (C=O) groups excluding carboxylic acids is 1. The van der Waals surface area contributed by atoms with Crippen molar-refractivity contribution in [3.63, 3.8) is 0 Å². The second-order valence-electron chi connectivity index (χ2n) is 4.54. The Bertz CT molecular complexity index is 252. The molecule has 0 aliphatic carbocycles. The smallest absolute Gasteiger partial charge is 0.228 e. The number of carbonyl (C=O) groups is 1. The average molecular weight is 229 g/mol. The zero-order valence-corrected chi connectivity index (χ0v) is 9.59. The van der Waals surface area contributed by atoms with Gasteiger partial charge in [-0.15, -0.1) is 0 Å². The number of hydrogen-bond acceptors (Lipinski definition) is 4. The summed E-state index contributed by atoms with van der Waals surface area (Å²) < 4.78 is 10.6. The van der Waals surface area contributed by atoms with Crippen molar-refractivity contribution in [2.75, 3.05) is 33.0 Å². The minimum Gasteiger partial charge on any atom is -0.394 e. The van der Waals surface area contributed by atoms with Crippen LogP contribution in [0.1, 0.15) is 13.3 Å². The molecule has 2 saturated heterocycles. The molecule has 0 aromatic heterocycles. The molecule has 3 unspecified atom stereocenters. The molecule has 5 heteroatoms. The van der Waals surface area contributed by atoms with Gasteiger partial charge in [-0.05, 0) is 13.3 Å². The van der Waals surface area contributed by atoms with Crippen LogP contribution in [0, 0.1) is 5.92 Å². The van der Waals surface area contributed by atoms with E-state index in [0.29, 0.717) is 26.4 Å². The molecule has 0 bridgehead atoms. The lowest BCUT2D eigenvalue weighted by atomic mass is 10.1. The molecule has 92 valence electrons. The maximum Gasteiger partial charge on any atom is 0.228 e. The van der Waals surface area contributed by atoms with Crippen LogP contribution in [-0.2, 0) is 14.3 Å². The zero-order valence-electron chi connectivity index (χ0n) is 9.59. The van der Waals surface area contributed by atoms with Crippen molar-refractivity contribution >= 4 is 5.91 Å². The highest BCUT2D eigenvalue weighted by Gasteiger charge is 2.34. The molecule has 2 heterocycles. The summed E-state index contributed by atoms with van der Waals surface area (Å²) in [7, 11) is 0. The first-order valence-corrected chi connectivity index (χ1v) is 5.83. The van der Waals surface area contributed by atoms with E-state index in [1.54, 1.807) is 0 Å². The summed E-state index contributed by atoms with van der Waals surface area (Å²) in [4.78, 5) is 14.0. The molecule has 2 fully saturated rings. The number of morpholine rings is 1. The predicted octanol–water partition coefficient (Wildman–Crippen LogP) is -0.369. The monoisotopic (exact) mass is 229 g/mol. The van der Waals surface area contributed by atoms with Crippen molar-refractivity contribution in [2.45, 2.75) is 25.5 Å². The van der Waals surface area contributed by atoms with Gasteiger partial charge in [-0.1, -0.05) is 0 Å². The van der Waals surface area contributed by atoms with E-state index >= 15 is 0 Å². The number of ether oxygens (including phenoxy) is 2. The fourth-order valence-corrected chi connectivity index (χ4v) is 2.20. The summed E-state index contributed by atoms with van der Waals surface area (Å²) in [5.41, 5.74) is 0. The highest BCUT2D eigenvalue weighted by Crippen LogP contribution is 2.20. The number of aliphatic hydroxyl groups is 1. The highest BCUT2D eigenvalue weighted by atomic mass is 16.5. The van der Waals surface area contributed by atoms with Gasteiger partial charge in [0, 0.05) is 13.2 Å². The van der Waals surface area contributed by atoms with Crippen LogP contribution in [0.4, 0.5) is 0 Å². The van der Waals surface area contributed by atoms with Crippen LogP contribution in [-0.4, -0.2) is 61.0 Å². The number of hydrogen-bond donors (Lipinski definition) is 1. The Morgan fingerprint density at radius 2 is 2.31 bits per heavy atom. The van der Waals surface area contributed by atoms with Gasteiger partial charge < -0.3 is 19.5 Å². The standard InChI is InChI=1S/C11H19NO4/c1-8-6-16-10(5-13)4-12(8)11(14)9-2-3-15-7-9/h8-10,13H,2-7H2,1H3. The third-order valence-electron chi connectivity index (χ3n) is 3.27. The van der Waals surface area contributed by atoms with Crippen molar-refractivity contribution in [1.29, 1.82) is 0 Å². The van der Waals surface area contributed by atoms with E-state index in [9.17, 15) is 4.79 Å². The molecule has 0 aromatic carbocycles. The molecule has 2 aliphatic rings. The maximum atomic E-state index is 12.2. The first kappa shape index (κ1) is 11.8. The molecule has 1 amide bonds. The first-order chi connectivity index (χ1) is 7.72. The summed E-state index contributed by atoms with van der Waals surface area (Å²) in [6, 6.07) is 0.0934. The third-order valence-corrected chi connectivity index (χ3v) is 3.27. The van der Waals surface area contributed by atoms with Crippen molar-refractivity contribution in [1.82, 2.24) is 4.90 Å². The summed E-state index contributed by atoms with van der Waals surface area (Å²) in [5.74, 6) is 0.145. The van der Waals surface area contributed by atoms with Gasteiger partial charge >= 0.3 is 0 Å². The van der Waals surface area contributed by atoms with Gasteiger partial charge in [0.2, 0.25) is 5.91 Å². The van der Waals surface area contributed by atoms with E-state index in [-0.39, 0.29) is 30.6 Å². The van der Waals surface area contributed by atoms with Crippen molar-refractivity contribution in [3.8, 4) is 0 Å². The molecule has 16 heavy (non-hydrogen) atoms. The van der Waals surface area contributed by atoms with E-state index in [2.05, 4.69) is 0 Å². The van der Waals surface area contributed by atoms with Crippen molar-refractivity contribution < 1.29 is 19.4 Å². The Labute approximate surface area is 95.3 Å². The fraction of sp³-hybridized carbons (Fsp3) is 0.909. The molecule has 2 rings (SSSR count). The lowest BCUT2D eigenvalue weighted by molar-refractivity contribution is -0.150. The molecule has 2 aliphatic heterocycles. The lowest BCUT2D eigenvalue weighted by Crippen LogP contribution is -2.53. The lowest BCUT2D eigenvalue weighted by Gasteiger charge is -2.38. The minimum atomic E-state index is -0.234. The normalized spacial score (nSPS) is 35.4. The molecule has 5 nitrogen and oxygen atoms in total. The Kier molecular flexibility index (Phi) is 3.78. The molecular weight excluding hydrogens is 210 g/mol. The van der Waals surface area contributed by atoms with Gasteiger partial charge in [-0.2, -0.15) is 0 Å². The average Bonchev–Trinajstić information content (AvgIpc) is 2.82. The largest absolute Gasteiger partial charge is 0.394 e. The Morgan fingerprint density at radius 3 is 2.94 bits per heavy atom. The van der Waals surface area contributed by atoms with Gasteiger partial charge in [0.15, 0.2) is 0 Å². The summed E-state index contributed by atoms with van der Waals surface area (Å²) in [5, 5.41) is 9.05. The molecule has 0 spiro atoms. The van der Waals surface area contributed by atoms with E-state index in [0.717, 1.165) is 6.42 Å². The quantitative estimate of drug-likeness (QED) is 0.702. The van der Waals surface area contributed by atoms with Crippen LogP contribution < -0.4 is 0 Å². The van der Waals surface area contributed by atoms with Crippen LogP contribution >= 0.6 is 0 Å². The zero-order chi connectivity index (χ0) is 11.5. The second kappa shape index (κ2) is 5.12. The molecule has 0 saturated carbocycles. The Balaban J connectivity index is 1.97. The van der Waals surface area contributed by atoms with E-state index in [1.165, 1.54) is 0 Å². The topological polar surface area (TPSA) is 59.0 Å². The Morgan fingerprint density at radius 1 is 1.50 bits per heavy atom. The Hall–Kier alpha value is -0.650. The summed E-state index contributed by atoms with van der Waals surface area (Å²) in [6.07, 6.45) is 0.578. The van der Waals surface area contributed by atoms with Crippen LogP contribution in [0.15, 0.2) is 0 Å². The van der Waals surface area contributed by atoms with Gasteiger partial charge in [-0.25, -0.2) is 0 Å². The van der Waals surface area contributed by atoms with Crippen molar-refractivity contribution in [3.05, 3.63) is 0 Å². The third kappa shape index (κ3) is 2.36. The molecule has 1 N–H and O–H groups in total. The van der Waals surface area contributed by atoms with Gasteiger partial charge in [0.1, 0.15) is 0 Å². The molecular formula is C11H19NO4. The van der Waals surface area contributed by atoms with E-state index in [1.807, 2.05) is 11.8 Å². The van der Waals surface area contributed by atoms with E-state index < -0.39 is 0 Å². The van der Waals surface area contributed by atoms with E-state index in [4.69, 9.17) is 14.6 Å². The van der Waals surface area contributed by atoms with Gasteiger partial charge in [0.05, 0.1) is 37.9 Å². The first-order valence-electron chi connectivity index (χ1n) is 5.83. The number of rotatable bonds is 2. The number of amides is 1. The molecule has 3 atom stereocenters. The summed E-state index contributed by atoms with van der Waals surface area (Å²) >= 11 is 0. The van der Waals surface area contributed by atoms with Crippen molar-refractivity contribution in [2.24, 2.45) is 5.92 Å². The summed E-state index contributed by atoms with van der Waals surface area (Å²) in [6.45, 7) is 4.15. The number of nitrogens with zero attached hydrogens (tertiary/aromatic N) is 1. The predicted molar refractivity (Wildman–Crippen MR) is 56.9 cm³/mol. The molecule has 0 radical (unpaired) electrons. The SMILES string of the molecule is CC1COC(CO)CN1C(=O)C1CCOC1. The van der Waals surface area contributed by atoms with Gasteiger partial charge in [-0.3, -0.25) is 4.79 Å². The van der Waals surface area contributed by atoms with Crippen LogP contribution in [0.5, 0.6) is 0 Å². The van der Waals surface area contributed by atoms with Crippen LogP contribution in [0.3, 0.4) is 0 Å². The fourth-order valence-electron chi connectivity index (χ4n) is 2.20. The second-order valence-corrected chi connectivity index (χ2v) is 4.54.